The smallest absolute Gasteiger partial charge is 0.0692 e. The highest BCUT2D eigenvalue weighted by molar-refractivity contribution is 9.10. The van der Waals surface area contributed by atoms with Crippen LogP contribution in [-0.4, -0.2) is 17.7 Å². The molecule has 1 aromatic rings. The van der Waals surface area contributed by atoms with Crippen LogP contribution >= 0.6 is 15.9 Å². The van der Waals surface area contributed by atoms with E-state index in [9.17, 15) is 5.11 Å². The molecule has 1 aliphatic carbocycles. The summed E-state index contributed by atoms with van der Waals surface area (Å²) in [5, 5.41) is 9.21. The molecule has 1 N–H and O–H groups in total. The van der Waals surface area contributed by atoms with Crippen LogP contribution in [0.25, 0.3) is 0 Å². The average molecular weight is 312 g/mol. The first-order chi connectivity index (χ1) is 8.76. The van der Waals surface area contributed by atoms with Crippen molar-refractivity contribution in [1.29, 1.82) is 0 Å². The molecule has 18 heavy (non-hydrogen) atoms. The molecule has 1 fully saturated rings. The van der Waals surface area contributed by atoms with Gasteiger partial charge in [-0.3, -0.25) is 0 Å². The van der Waals surface area contributed by atoms with E-state index in [0.717, 1.165) is 16.6 Å². The third-order valence-electron chi connectivity index (χ3n) is 3.89. The monoisotopic (exact) mass is 311 g/mol. The fourth-order valence-electron chi connectivity index (χ4n) is 2.89. The van der Waals surface area contributed by atoms with E-state index in [4.69, 9.17) is 0 Å². The maximum atomic E-state index is 9.21. The standard InChI is InChI=1S/C15H22BrNO/c1-2-17(13-6-4-3-5-7-13)14-9-8-12(11-18)15(16)10-14/h8-10,13,18H,2-7,11H2,1H3. The Morgan fingerprint density at radius 1 is 1.28 bits per heavy atom. The van der Waals surface area contributed by atoms with Gasteiger partial charge in [-0.15, -0.1) is 0 Å². The SMILES string of the molecule is CCN(c1ccc(CO)c(Br)c1)C1CCCCC1. The van der Waals surface area contributed by atoms with E-state index in [-0.39, 0.29) is 6.61 Å². The lowest BCUT2D eigenvalue weighted by Crippen LogP contribution is -2.36. The molecule has 0 saturated heterocycles. The summed E-state index contributed by atoms with van der Waals surface area (Å²) in [6.07, 6.45) is 6.73. The van der Waals surface area contributed by atoms with E-state index in [1.165, 1.54) is 37.8 Å². The number of benzene rings is 1. The molecular weight excluding hydrogens is 290 g/mol. The number of aliphatic hydroxyl groups excluding tert-OH is 1. The molecule has 0 aromatic heterocycles. The fourth-order valence-corrected chi connectivity index (χ4v) is 3.38. The molecule has 0 amide bonds. The molecule has 0 atom stereocenters. The van der Waals surface area contributed by atoms with E-state index in [1.54, 1.807) is 0 Å². The van der Waals surface area contributed by atoms with Gasteiger partial charge < -0.3 is 10.0 Å². The van der Waals surface area contributed by atoms with E-state index in [2.05, 4.69) is 39.9 Å². The van der Waals surface area contributed by atoms with Crippen LogP contribution in [0.1, 0.15) is 44.6 Å². The van der Waals surface area contributed by atoms with Crippen LogP contribution in [-0.2, 0) is 6.61 Å². The number of rotatable bonds is 4. The van der Waals surface area contributed by atoms with E-state index in [0.29, 0.717) is 6.04 Å². The Labute approximate surface area is 118 Å². The molecule has 2 rings (SSSR count). The lowest BCUT2D eigenvalue weighted by Gasteiger charge is -2.35. The number of hydrogen-bond donors (Lipinski definition) is 1. The average Bonchev–Trinajstić information content (AvgIpc) is 2.41. The molecule has 1 aromatic carbocycles. The molecule has 0 bridgehead atoms. The lowest BCUT2D eigenvalue weighted by molar-refractivity contribution is 0.281. The van der Waals surface area contributed by atoms with E-state index >= 15 is 0 Å². The van der Waals surface area contributed by atoms with Crippen LogP contribution in [0, 0.1) is 0 Å². The zero-order valence-electron chi connectivity index (χ0n) is 11.0. The van der Waals surface area contributed by atoms with Gasteiger partial charge in [-0.1, -0.05) is 41.3 Å². The van der Waals surface area contributed by atoms with Gasteiger partial charge in [0.25, 0.3) is 0 Å². The summed E-state index contributed by atoms with van der Waals surface area (Å²) in [5.74, 6) is 0. The summed E-state index contributed by atoms with van der Waals surface area (Å²) in [7, 11) is 0. The lowest BCUT2D eigenvalue weighted by atomic mass is 9.93. The number of anilines is 1. The molecule has 100 valence electrons. The molecule has 0 heterocycles. The predicted molar refractivity (Wildman–Crippen MR) is 80.0 cm³/mol. The van der Waals surface area contributed by atoms with Crippen LogP contribution in [0.2, 0.25) is 0 Å². The minimum atomic E-state index is 0.0937. The Hall–Kier alpha value is -0.540. The topological polar surface area (TPSA) is 23.5 Å². The zero-order chi connectivity index (χ0) is 13.0. The Morgan fingerprint density at radius 3 is 2.56 bits per heavy atom. The summed E-state index contributed by atoms with van der Waals surface area (Å²) >= 11 is 3.54. The molecule has 0 unspecified atom stereocenters. The second-order valence-corrected chi connectivity index (χ2v) is 5.87. The van der Waals surface area contributed by atoms with Gasteiger partial charge in [0.05, 0.1) is 6.61 Å². The zero-order valence-corrected chi connectivity index (χ0v) is 12.6. The first-order valence-electron chi connectivity index (χ1n) is 6.92. The van der Waals surface area contributed by atoms with Crippen molar-refractivity contribution in [3.05, 3.63) is 28.2 Å². The van der Waals surface area contributed by atoms with Crippen LogP contribution < -0.4 is 4.90 Å². The van der Waals surface area contributed by atoms with Crippen molar-refractivity contribution in [2.24, 2.45) is 0 Å². The highest BCUT2D eigenvalue weighted by Gasteiger charge is 2.20. The summed E-state index contributed by atoms with van der Waals surface area (Å²) in [6, 6.07) is 6.99. The molecule has 0 spiro atoms. The Kier molecular flexibility index (Phi) is 5.07. The van der Waals surface area contributed by atoms with Crippen molar-refractivity contribution in [1.82, 2.24) is 0 Å². The van der Waals surface area contributed by atoms with Crippen molar-refractivity contribution < 1.29 is 5.11 Å². The van der Waals surface area contributed by atoms with Crippen LogP contribution in [0.5, 0.6) is 0 Å². The molecule has 2 nitrogen and oxygen atoms in total. The maximum Gasteiger partial charge on any atom is 0.0692 e. The number of hydrogen-bond acceptors (Lipinski definition) is 2. The van der Waals surface area contributed by atoms with Crippen LogP contribution in [0.4, 0.5) is 5.69 Å². The molecule has 0 radical (unpaired) electrons. The summed E-state index contributed by atoms with van der Waals surface area (Å²) < 4.78 is 1.01. The summed E-state index contributed by atoms with van der Waals surface area (Å²) in [5.41, 5.74) is 2.23. The molecule has 3 heteroatoms. The van der Waals surface area contributed by atoms with Gasteiger partial charge in [0.2, 0.25) is 0 Å². The Bertz CT molecular complexity index is 388. The summed E-state index contributed by atoms with van der Waals surface area (Å²) in [6.45, 7) is 3.37. The largest absolute Gasteiger partial charge is 0.392 e. The highest BCUT2D eigenvalue weighted by atomic mass is 79.9. The van der Waals surface area contributed by atoms with Gasteiger partial charge in [0.1, 0.15) is 0 Å². The third kappa shape index (κ3) is 3.07. The van der Waals surface area contributed by atoms with Gasteiger partial charge in [0, 0.05) is 22.7 Å². The second kappa shape index (κ2) is 6.58. The van der Waals surface area contributed by atoms with Crippen LogP contribution in [0.3, 0.4) is 0 Å². The quantitative estimate of drug-likeness (QED) is 0.905. The fraction of sp³-hybridized carbons (Fsp3) is 0.600. The predicted octanol–water partition coefficient (Wildman–Crippen LogP) is 4.10. The molecule has 0 aliphatic heterocycles. The first kappa shape index (κ1) is 13.9. The van der Waals surface area contributed by atoms with Crippen molar-refractivity contribution in [3.63, 3.8) is 0 Å². The minimum absolute atomic E-state index is 0.0937. The molecule has 1 saturated carbocycles. The number of halogens is 1. The van der Waals surface area contributed by atoms with Gasteiger partial charge in [-0.05, 0) is 37.5 Å². The van der Waals surface area contributed by atoms with E-state index in [1.807, 2.05) is 6.07 Å². The highest BCUT2D eigenvalue weighted by Crippen LogP contribution is 2.30. The Balaban J connectivity index is 2.18. The third-order valence-corrected chi connectivity index (χ3v) is 4.63. The van der Waals surface area contributed by atoms with Gasteiger partial charge >= 0.3 is 0 Å². The number of nitrogens with zero attached hydrogens (tertiary/aromatic N) is 1. The maximum absolute atomic E-state index is 9.21. The summed E-state index contributed by atoms with van der Waals surface area (Å²) in [4.78, 5) is 2.51. The van der Waals surface area contributed by atoms with Crippen molar-refractivity contribution >= 4 is 21.6 Å². The van der Waals surface area contributed by atoms with Crippen molar-refractivity contribution in [2.75, 3.05) is 11.4 Å². The first-order valence-corrected chi connectivity index (χ1v) is 7.71. The second-order valence-electron chi connectivity index (χ2n) is 5.01. The van der Waals surface area contributed by atoms with E-state index < -0.39 is 0 Å². The molecule has 1 aliphatic rings. The Morgan fingerprint density at radius 2 is 2.00 bits per heavy atom. The normalized spacial score (nSPS) is 16.8. The minimum Gasteiger partial charge on any atom is -0.392 e. The number of aliphatic hydroxyl groups is 1. The van der Waals surface area contributed by atoms with Crippen molar-refractivity contribution in [2.45, 2.75) is 51.7 Å². The van der Waals surface area contributed by atoms with Crippen molar-refractivity contribution in [3.8, 4) is 0 Å². The van der Waals surface area contributed by atoms with Gasteiger partial charge in [0.15, 0.2) is 0 Å². The van der Waals surface area contributed by atoms with Gasteiger partial charge in [-0.25, -0.2) is 0 Å². The van der Waals surface area contributed by atoms with Crippen LogP contribution in [0.15, 0.2) is 22.7 Å². The van der Waals surface area contributed by atoms with Gasteiger partial charge in [-0.2, -0.15) is 0 Å². The molecular formula is C15H22BrNO.